The van der Waals surface area contributed by atoms with E-state index < -0.39 is 6.10 Å². The largest absolute Gasteiger partial charge is 0.389 e. The first-order valence-corrected chi connectivity index (χ1v) is 14.8. The van der Waals surface area contributed by atoms with Gasteiger partial charge in [0.2, 0.25) is 5.91 Å². The smallest absolute Gasteiger partial charge is 0.250 e. The van der Waals surface area contributed by atoms with Crippen LogP contribution in [0.1, 0.15) is 102 Å². The quantitative estimate of drug-likeness (QED) is 0.291. The number of piperidine rings is 1. The maximum Gasteiger partial charge on any atom is 0.250 e. The minimum absolute atomic E-state index is 0.0774. The number of hydrogen-bond acceptors (Lipinski definition) is 4. The number of ketones is 1. The number of pyridine rings is 1. The van der Waals surface area contributed by atoms with Gasteiger partial charge in [0, 0.05) is 56.1 Å². The maximum atomic E-state index is 12.9. The molecule has 1 unspecified atom stereocenters. The molecular weight excluding hydrogens is 464 g/mol. The SMILES string of the molecule is CCCCC[C@H](O)/C=C/[C@H]1CCC(=O)[C@@H]1CCCCCCC(=O)N1CC2C[C@@H](C1)c1cccc(=O)n1C2. The maximum absolute atomic E-state index is 12.9. The molecule has 1 N–H and O–H groups in total. The monoisotopic (exact) mass is 510 g/mol. The van der Waals surface area contributed by atoms with Crippen LogP contribution >= 0.6 is 0 Å². The standard InChI is InChI=1S/C31H46N2O4/c1-2-3-6-10-26(34)17-15-24-16-18-29(35)27(24)11-7-4-5-8-13-30(36)32-20-23-19-25(22-32)28-12-9-14-31(37)33(28)21-23/h9,12,14-15,17,23-27,34H,2-8,10-11,13,16,18-22H2,1H3/b17-15+/t23?,24-,25-,26-,27+/m0/s1. The topological polar surface area (TPSA) is 79.6 Å². The highest BCUT2D eigenvalue weighted by Crippen LogP contribution is 2.36. The number of unbranched alkanes of at least 4 members (excludes halogenated alkanes) is 5. The van der Waals surface area contributed by atoms with Gasteiger partial charge in [-0.1, -0.05) is 63.7 Å². The highest BCUT2D eigenvalue weighted by molar-refractivity contribution is 5.83. The molecule has 6 heteroatoms. The van der Waals surface area contributed by atoms with Crippen molar-refractivity contribution in [3.63, 3.8) is 0 Å². The number of aliphatic hydroxyl groups is 1. The molecular formula is C31H46N2O4. The molecule has 3 heterocycles. The highest BCUT2D eigenvalue weighted by atomic mass is 16.3. The Morgan fingerprint density at radius 3 is 2.76 bits per heavy atom. The molecule has 2 bridgehead atoms. The molecule has 2 fully saturated rings. The van der Waals surface area contributed by atoms with E-state index in [4.69, 9.17) is 0 Å². The van der Waals surface area contributed by atoms with Crippen molar-refractivity contribution in [2.24, 2.45) is 17.8 Å². The van der Waals surface area contributed by atoms with Gasteiger partial charge in [-0.2, -0.15) is 0 Å². The van der Waals surface area contributed by atoms with E-state index in [0.29, 0.717) is 24.5 Å². The molecule has 1 aromatic heterocycles. The lowest BCUT2D eigenvalue weighted by Crippen LogP contribution is -2.49. The van der Waals surface area contributed by atoms with Crippen LogP contribution in [0.3, 0.4) is 0 Å². The molecule has 204 valence electrons. The average molecular weight is 511 g/mol. The fraction of sp³-hybridized carbons (Fsp3) is 0.710. The van der Waals surface area contributed by atoms with Crippen LogP contribution in [-0.2, 0) is 16.1 Å². The Hall–Kier alpha value is -2.21. The minimum Gasteiger partial charge on any atom is -0.389 e. The summed E-state index contributed by atoms with van der Waals surface area (Å²) in [6.45, 7) is 4.38. The Kier molecular flexibility index (Phi) is 10.2. The van der Waals surface area contributed by atoms with E-state index in [0.717, 1.165) is 96.0 Å². The summed E-state index contributed by atoms with van der Waals surface area (Å²) in [5.74, 6) is 1.64. The number of carbonyl (C=O) groups is 2. The molecule has 1 saturated heterocycles. The number of likely N-dealkylation sites (tertiary alicyclic amines) is 1. The van der Waals surface area contributed by atoms with Gasteiger partial charge < -0.3 is 14.6 Å². The summed E-state index contributed by atoms with van der Waals surface area (Å²) in [6, 6.07) is 5.51. The van der Waals surface area contributed by atoms with Crippen LogP contribution in [-0.4, -0.2) is 45.5 Å². The molecule has 0 spiro atoms. The van der Waals surface area contributed by atoms with Crippen LogP contribution < -0.4 is 5.56 Å². The van der Waals surface area contributed by atoms with Crippen molar-refractivity contribution in [1.82, 2.24) is 9.47 Å². The summed E-state index contributed by atoms with van der Waals surface area (Å²) in [4.78, 5) is 39.6. The van der Waals surface area contributed by atoms with E-state index in [2.05, 4.69) is 13.0 Å². The number of Topliss-reactive ketones (excluding diaryl/α,β-unsaturated/α-hetero) is 1. The molecule has 0 radical (unpaired) electrons. The summed E-state index contributed by atoms with van der Waals surface area (Å²) in [7, 11) is 0. The van der Waals surface area contributed by atoms with Crippen molar-refractivity contribution < 1.29 is 14.7 Å². The number of aliphatic hydroxyl groups excluding tert-OH is 1. The molecule has 4 rings (SSSR count). The third-order valence-electron chi connectivity index (χ3n) is 8.83. The van der Waals surface area contributed by atoms with Crippen molar-refractivity contribution in [3.8, 4) is 0 Å². The normalized spacial score (nSPS) is 26.0. The third-order valence-corrected chi connectivity index (χ3v) is 8.83. The van der Waals surface area contributed by atoms with Gasteiger partial charge in [0.15, 0.2) is 0 Å². The van der Waals surface area contributed by atoms with Crippen LogP contribution in [0.5, 0.6) is 0 Å². The predicted molar refractivity (Wildman–Crippen MR) is 146 cm³/mol. The lowest BCUT2D eigenvalue weighted by Gasteiger charge is -2.42. The van der Waals surface area contributed by atoms with E-state index in [1.807, 2.05) is 27.7 Å². The van der Waals surface area contributed by atoms with Gasteiger partial charge in [-0.3, -0.25) is 14.4 Å². The second kappa shape index (κ2) is 13.5. The number of aromatic nitrogens is 1. The zero-order valence-electron chi connectivity index (χ0n) is 22.7. The third kappa shape index (κ3) is 7.43. The molecule has 1 saturated carbocycles. The molecule has 1 amide bonds. The van der Waals surface area contributed by atoms with E-state index in [9.17, 15) is 19.5 Å². The van der Waals surface area contributed by atoms with Crippen LogP contribution in [0.4, 0.5) is 0 Å². The van der Waals surface area contributed by atoms with E-state index in [-0.39, 0.29) is 29.2 Å². The Balaban J connectivity index is 1.14. The molecule has 0 aromatic carbocycles. The molecule has 5 atom stereocenters. The van der Waals surface area contributed by atoms with Crippen LogP contribution in [0.15, 0.2) is 35.1 Å². The first-order chi connectivity index (χ1) is 18.0. The van der Waals surface area contributed by atoms with Crippen molar-refractivity contribution >= 4 is 11.7 Å². The van der Waals surface area contributed by atoms with Crippen molar-refractivity contribution in [3.05, 3.63) is 46.4 Å². The number of amides is 1. The van der Waals surface area contributed by atoms with Gasteiger partial charge >= 0.3 is 0 Å². The van der Waals surface area contributed by atoms with Crippen molar-refractivity contribution in [2.45, 2.75) is 109 Å². The first-order valence-electron chi connectivity index (χ1n) is 14.8. The number of carbonyl (C=O) groups excluding carboxylic acids is 2. The van der Waals surface area contributed by atoms with Crippen LogP contribution in [0.2, 0.25) is 0 Å². The minimum atomic E-state index is -0.391. The number of hydrogen-bond donors (Lipinski definition) is 1. The fourth-order valence-electron chi connectivity index (χ4n) is 6.76. The second-order valence-electron chi connectivity index (χ2n) is 11.7. The van der Waals surface area contributed by atoms with Gasteiger partial charge in [-0.15, -0.1) is 0 Å². The molecule has 2 aliphatic heterocycles. The summed E-state index contributed by atoms with van der Waals surface area (Å²) in [5, 5.41) is 10.2. The molecule has 3 aliphatic rings. The van der Waals surface area contributed by atoms with Crippen molar-refractivity contribution in [2.75, 3.05) is 13.1 Å². The molecule has 1 aliphatic carbocycles. The highest BCUT2D eigenvalue weighted by Gasteiger charge is 2.36. The molecule has 6 nitrogen and oxygen atoms in total. The van der Waals surface area contributed by atoms with E-state index >= 15 is 0 Å². The Morgan fingerprint density at radius 1 is 1.08 bits per heavy atom. The number of allylic oxidation sites excluding steroid dienone is 1. The van der Waals surface area contributed by atoms with Gasteiger partial charge in [-0.25, -0.2) is 0 Å². The lowest BCUT2D eigenvalue weighted by atomic mass is 9.83. The summed E-state index contributed by atoms with van der Waals surface area (Å²) < 4.78 is 1.91. The van der Waals surface area contributed by atoms with Crippen molar-refractivity contribution in [1.29, 1.82) is 0 Å². The first kappa shape index (κ1) is 27.8. The Morgan fingerprint density at radius 2 is 1.92 bits per heavy atom. The zero-order chi connectivity index (χ0) is 26.2. The van der Waals surface area contributed by atoms with Gasteiger partial charge in [-0.05, 0) is 50.0 Å². The van der Waals surface area contributed by atoms with E-state index in [1.54, 1.807) is 6.07 Å². The summed E-state index contributed by atoms with van der Waals surface area (Å²) in [5.41, 5.74) is 1.16. The number of rotatable bonds is 13. The van der Waals surface area contributed by atoms with Crippen LogP contribution in [0, 0.1) is 17.8 Å². The van der Waals surface area contributed by atoms with Gasteiger partial charge in [0.05, 0.1) is 6.10 Å². The number of fused-ring (bicyclic) bond motifs is 4. The number of nitrogens with zero attached hydrogens (tertiary/aromatic N) is 2. The van der Waals surface area contributed by atoms with Gasteiger partial charge in [0.25, 0.3) is 5.56 Å². The van der Waals surface area contributed by atoms with Gasteiger partial charge in [0.1, 0.15) is 5.78 Å². The lowest BCUT2D eigenvalue weighted by molar-refractivity contribution is -0.134. The van der Waals surface area contributed by atoms with Crippen LogP contribution in [0.25, 0.3) is 0 Å². The average Bonchev–Trinajstić information content (AvgIpc) is 3.24. The molecule has 37 heavy (non-hydrogen) atoms. The zero-order valence-corrected chi connectivity index (χ0v) is 22.7. The summed E-state index contributed by atoms with van der Waals surface area (Å²) in [6.07, 6.45) is 15.9. The Labute approximate surface area is 222 Å². The molecule has 1 aromatic rings. The fourth-order valence-corrected chi connectivity index (χ4v) is 6.76. The Bertz CT molecular complexity index is 999. The predicted octanol–water partition coefficient (Wildman–Crippen LogP) is 5.23. The van der Waals surface area contributed by atoms with E-state index in [1.165, 1.54) is 0 Å². The summed E-state index contributed by atoms with van der Waals surface area (Å²) >= 11 is 0. The second-order valence-corrected chi connectivity index (χ2v) is 11.7.